The van der Waals surface area contributed by atoms with Gasteiger partial charge < -0.3 is 19.3 Å². The van der Waals surface area contributed by atoms with Crippen LogP contribution >= 0.6 is 11.8 Å². The van der Waals surface area contributed by atoms with Gasteiger partial charge in [-0.3, -0.25) is 4.79 Å². The lowest BCUT2D eigenvalue weighted by atomic mass is 10.00. The molecule has 7 rings (SSSR count). The zero-order valence-electron chi connectivity index (χ0n) is 22.3. The molecule has 0 N–H and O–H groups in total. The third kappa shape index (κ3) is 4.45. The first-order valence-electron chi connectivity index (χ1n) is 13.6. The first-order valence-corrected chi connectivity index (χ1v) is 14.4. The molecular formula is C33H29N3O3S. The molecule has 7 heteroatoms. The molecule has 1 fully saturated rings. The normalized spacial score (nSPS) is 16.1. The van der Waals surface area contributed by atoms with Gasteiger partial charge in [0.25, 0.3) is 5.91 Å². The number of ether oxygens (including phenoxy) is 2. The molecular weight excluding hydrogens is 518 g/mol. The molecule has 3 aromatic carbocycles. The minimum Gasteiger partial charge on any atom is -0.497 e. The van der Waals surface area contributed by atoms with Gasteiger partial charge >= 0.3 is 0 Å². The summed E-state index contributed by atoms with van der Waals surface area (Å²) in [6.45, 7) is 3.38. The molecule has 4 aromatic rings. The van der Waals surface area contributed by atoms with Crippen LogP contribution in [0.15, 0.2) is 89.8 Å². The van der Waals surface area contributed by atoms with Crippen molar-refractivity contribution in [3.05, 3.63) is 119 Å². The van der Waals surface area contributed by atoms with Crippen LogP contribution in [0.3, 0.4) is 0 Å². The highest BCUT2D eigenvalue weighted by atomic mass is 32.2. The van der Waals surface area contributed by atoms with Crippen molar-refractivity contribution in [2.75, 3.05) is 38.3 Å². The summed E-state index contributed by atoms with van der Waals surface area (Å²) >= 11 is 1.68. The molecule has 6 nitrogen and oxygen atoms in total. The molecule has 200 valence electrons. The van der Waals surface area contributed by atoms with E-state index >= 15 is 0 Å². The number of carbonyl (C=O) groups is 1. The maximum atomic E-state index is 14.1. The molecule has 0 spiro atoms. The number of amides is 1. The van der Waals surface area contributed by atoms with E-state index in [0.717, 1.165) is 62.5 Å². The number of morpholine rings is 1. The van der Waals surface area contributed by atoms with Crippen molar-refractivity contribution in [1.82, 2.24) is 9.88 Å². The van der Waals surface area contributed by atoms with Crippen molar-refractivity contribution >= 4 is 34.0 Å². The first-order chi connectivity index (χ1) is 19.7. The molecule has 0 unspecified atom stereocenters. The number of hydrogen-bond donors (Lipinski definition) is 0. The van der Waals surface area contributed by atoms with Gasteiger partial charge in [0.1, 0.15) is 11.4 Å². The van der Waals surface area contributed by atoms with Crippen LogP contribution in [0, 0.1) is 0 Å². The van der Waals surface area contributed by atoms with E-state index in [0.29, 0.717) is 31.7 Å². The Labute approximate surface area is 238 Å². The van der Waals surface area contributed by atoms with Gasteiger partial charge in [-0.05, 0) is 53.1 Å². The van der Waals surface area contributed by atoms with E-state index in [4.69, 9.17) is 14.5 Å². The Balaban J connectivity index is 1.42. The van der Waals surface area contributed by atoms with Crippen LogP contribution in [-0.4, -0.2) is 49.2 Å². The summed E-state index contributed by atoms with van der Waals surface area (Å²) in [5.41, 5.74) is 7.72. The van der Waals surface area contributed by atoms with Crippen molar-refractivity contribution in [1.29, 1.82) is 0 Å². The number of nitrogens with zero attached hydrogens (tertiary/aromatic N) is 3. The number of rotatable bonds is 6. The van der Waals surface area contributed by atoms with Gasteiger partial charge in [0.2, 0.25) is 0 Å². The second kappa shape index (κ2) is 10.5. The molecule has 0 aliphatic carbocycles. The average molecular weight is 548 g/mol. The lowest BCUT2D eigenvalue weighted by Gasteiger charge is -2.30. The Morgan fingerprint density at radius 3 is 2.42 bits per heavy atom. The Kier molecular flexibility index (Phi) is 6.54. The highest BCUT2D eigenvalue weighted by Crippen LogP contribution is 2.50. The zero-order chi connectivity index (χ0) is 27.1. The molecule has 1 saturated heterocycles. The number of anilines is 1. The van der Waals surface area contributed by atoms with E-state index in [-0.39, 0.29) is 5.91 Å². The van der Waals surface area contributed by atoms with Crippen molar-refractivity contribution in [2.45, 2.75) is 17.9 Å². The molecule has 0 bridgehead atoms. The Hall–Kier alpha value is -4.07. The summed E-state index contributed by atoms with van der Waals surface area (Å²) in [7, 11) is 1.67. The number of carbonyl (C=O) groups excluding carboxylic acids is 1. The zero-order valence-corrected chi connectivity index (χ0v) is 23.1. The van der Waals surface area contributed by atoms with Gasteiger partial charge in [-0.15, -0.1) is 0 Å². The Morgan fingerprint density at radius 1 is 0.925 bits per heavy atom. The topological polar surface area (TPSA) is 54.9 Å². The summed E-state index contributed by atoms with van der Waals surface area (Å²) in [6, 6.07) is 29.0. The number of hydrogen-bond acceptors (Lipinski definition) is 6. The van der Waals surface area contributed by atoms with Crippen LogP contribution < -0.4 is 9.64 Å². The fourth-order valence-electron chi connectivity index (χ4n) is 5.69. The van der Waals surface area contributed by atoms with Crippen LogP contribution in [0.2, 0.25) is 0 Å². The lowest BCUT2D eigenvalue weighted by Crippen LogP contribution is -2.37. The Morgan fingerprint density at radius 2 is 1.68 bits per heavy atom. The van der Waals surface area contributed by atoms with Crippen LogP contribution in [-0.2, 0) is 17.7 Å². The van der Waals surface area contributed by atoms with Gasteiger partial charge in [0.05, 0.1) is 49.5 Å². The highest BCUT2D eigenvalue weighted by Gasteiger charge is 2.41. The van der Waals surface area contributed by atoms with Gasteiger partial charge in [0, 0.05) is 29.3 Å². The summed E-state index contributed by atoms with van der Waals surface area (Å²) in [6.07, 6.45) is 0.692. The van der Waals surface area contributed by atoms with Gasteiger partial charge in [0.15, 0.2) is 0 Å². The SMILES string of the molecule is COc1ccc2c(c1)CN1C(=O)c3cc(N4CCOCC4)c(Cc4ccccc4)nc3C1=C2Sc1ccccc1. The molecule has 1 amide bonds. The fraction of sp³-hybridized carbons (Fsp3) is 0.212. The van der Waals surface area contributed by atoms with Crippen molar-refractivity contribution in [3.63, 3.8) is 0 Å². The summed E-state index contributed by atoms with van der Waals surface area (Å²) in [5, 5.41) is 0. The quantitative estimate of drug-likeness (QED) is 0.291. The van der Waals surface area contributed by atoms with E-state index in [9.17, 15) is 4.79 Å². The number of methoxy groups -OCH3 is 1. The fourth-order valence-corrected chi connectivity index (χ4v) is 6.84. The van der Waals surface area contributed by atoms with E-state index in [2.05, 4.69) is 53.4 Å². The minimum absolute atomic E-state index is 0.00194. The molecule has 40 heavy (non-hydrogen) atoms. The summed E-state index contributed by atoms with van der Waals surface area (Å²) in [5.74, 6) is 0.784. The molecule has 4 heterocycles. The van der Waals surface area contributed by atoms with Crippen LogP contribution in [0.25, 0.3) is 10.6 Å². The minimum atomic E-state index is -0.00194. The van der Waals surface area contributed by atoms with E-state index in [1.807, 2.05) is 41.3 Å². The predicted octanol–water partition coefficient (Wildman–Crippen LogP) is 6.11. The van der Waals surface area contributed by atoms with Crippen LogP contribution in [0.1, 0.15) is 38.4 Å². The van der Waals surface area contributed by atoms with Crippen molar-refractivity contribution in [3.8, 4) is 5.75 Å². The van der Waals surface area contributed by atoms with Crippen molar-refractivity contribution in [2.24, 2.45) is 0 Å². The third-order valence-corrected chi connectivity index (χ3v) is 8.80. The molecule has 3 aliphatic heterocycles. The highest BCUT2D eigenvalue weighted by molar-refractivity contribution is 8.08. The largest absolute Gasteiger partial charge is 0.497 e. The van der Waals surface area contributed by atoms with E-state index in [1.165, 1.54) is 5.56 Å². The van der Waals surface area contributed by atoms with Crippen LogP contribution in [0.4, 0.5) is 5.69 Å². The maximum absolute atomic E-state index is 14.1. The number of pyridine rings is 1. The molecule has 0 radical (unpaired) electrons. The van der Waals surface area contributed by atoms with Crippen LogP contribution in [0.5, 0.6) is 5.75 Å². The van der Waals surface area contributed by atoms with E-state index < -0.39 is 0 Å². The average Bonchev–Trinajstić information content (AvgIpc) is 3.28. The second-order valence-corrected chi connectivity index (χ2v) is 11.2. The maximum Gasteiger partial charge on any atom is 0.261 e. The summed E-state index contributed by atoms with van der Waals surface area (Å²) in [4.78, 5) is 25.8. The number of benzene rings is 3. The summed E-state index contributed by atoms with van der Waals surface area (Å²) < 4.78 is 11.2. The molecule has 3 aliphatic rings. The lowest BCUT2D eigenvalue weighted by molar-refractivity contribution is 0.0842. The number of aromatic nitrogens is 1. The van der Waals surface area contributed by atoms with Gasteiger partial charge in [-0.25, -0.2) is 4.98 Å². The van der Waals surface area contributed by atoms with Gasteiger partial charge in [-0.1, -0.05) is 60.3 Å². The second-order valence-electron chi connectivity index (χ2n) is 10.1. The standard InChI is InChI=1S/C33H29N3O3S/c1-38-24-12-13-26-23(19-24)21-36-31(32(26)40-25-10-6-3-7-11-25)30-27(33(36)37)20-29(35-14-16-39-17-15-35)28(34-30)18-22-8-4-2-5-9-22/h2-13,19-20H,14-18,21H2,1H3. The third-order valence-electron chi connectivity index (χ3n) is 7.68. The Bertz CT molecular complexity index is 1620. The molecule has 0 atom stereocenters. The predicted molar refractivity (Wildman–Crippen MR) is 158 cm³/mol. The monoisotopic (exact) mass is 547 g/mol. The number of thioether (sulfide) groups is 1. The smallest absolute Gasteiger partial charge is 0.261 e. The van der Waals surface area contributed by atoms with Crippen molar-refractivity contribution < 1.29 is 14.3 Å². The van der Waals surface area contributed by atoms with E-state index in [1.54, 1.807) is 18.9 Å². The number of fused-ring (bicyclic) bond motifs is 4. The first kappa shape index (κ1) is 24.9. The molecule has 1 aromatic heterocycles. The van der Waals surface area contributed by atoms with Gasteiger partial charge in [-0.2, -0.15) is 0 Å². The molecule has 0 saturated carbocycles.